The Labute approximate surface area is 153 Å². The van der Waals surface area contributed by atoms with Gasteiger partial charge in [0.15, 0.2) is 9.84 Å². The summed E-state index contributed by atoms with van der Waals surface area (Å²) in [6.07, 6.45) is 2.14. The van der Waals surface area contributed by atoms with Crippen LogP contribution in [0.3, 0.4) is 0 Å². The topological polar surface area (TPSA) is 54.5 Å². The Morgan fingerprint density at radius 3 is 2.52 bits per heavy atom. The number of hydrogen-bond donors (Lipinski definition) is 0. The molecule has 2 aromatic carbocycles. The van der Waals surface area contributed by atoms with E-state index in [1.807, 2.05) is 23.1 Å². The minimum atomic E-state index is -3.08. The SMILES string of the molecule is CC1CCN(C(=O)c2ccc(CS(C)(=O)=O)cc2)c2ccccc2S1. The van der Waals surface area contributed by atoms with Crippen molar-refractivity contribution in [3.8, 4) is 0 Å². The molecule has 0 spiro atoms. The molecule has 132 valence electrons. The summed E-state index contributed by atoms with van der Waals surface area (Å²) in [4.78, 5) is 16.0. The predicted octanol–water partition coefficient (Wildman–Crippen LogP) is 3.76. The third-order valence-corrected chi connectivity index (χ3v) is 6.21. The second kappa shape index (κ2) is 7.22. The van der Waals surface area contributed by atoms with Crippen LogP contribution in [-0.2, 0) is 15.6 Å². The molecule has 3 rings (SSSR count). The number of amides is 1. The Morgan fingerprint density at radius 2 is 1.84 bits per heavy atom. The quantitative estimate of drug-likeness (QED) is 0.820. The Morgan fingerprint density at radius 1 is 1.16 bits per heavy atom. The Balaban J connectivity index is 1.88. The summed E-state index contributed by atoms with van der Waals surface area (Å²) in [6.45, 7) is 2.85. The van der Waals surface area contributed by atoms with E-state index in [0.29, 0.717) is 22.9 Å². The maximum atomic E-state index is 13.0. The standard InChI is InChI=1S/C19H21NO3S2/c1-14-11-12-20(17-5-3-4-6-18(17)24-14)19(21)16-9-7-15(8-10-16)13-25(2,22)23/h3-10,14H,11-13H2,1-2H3. The summed E-state index contributed by atoms with van der Waals surface area (Å²) in [7, 11) is -3.08. The predicted molar refractivity (Wildman–Crippen MR) is 103 cm³/mol. The molecule has 0 N–H and O–H groups in total. The molecule has 2 aromatic rings. The molecule has 1 atom stereocenters. The highest BCUT2D eigenvalue weighted by Gasteiger charge is 2.24. The van der Waals surface area contributed by atoms with Crippen molar-refractivity contribution >= 4 is 33.2 Å². The van der Waals surface area contributed by atoms with Crippen LogP contribution in [0.2, 0.25) is 0 Å². The van der Waals surface area contributed by atoms with E-state index in [0.717, 1.165) is 17.0 Å². The fourth-order valence-corrected chi connectivity index (χ4v) is 4.81. The minimum absolute atomic E-state index is 0.0117. The van der Waals surface area contributed by atoms with Crippen LogP contribution in [0.4, 0.5) is 5.69 Å². The number of fused-ring (bicyclic) bond motifs is 1. The van der Waals surface area contributed by atoms with Crippen molar-refractivity contribution in [2.45, 2.75) is 29.2 Å². The molecule has 0 aliphatic carbocycles. The third-order valence-electron chi connectivity index (χ3n) is 4.12. The fourth-order valence-electron chi connectivity index (χ4n) is 2.90. The van der Waals surface area contributed by atoms with E-state index in [4.69, 9.17) is 0 Å². The van der Waals surface area contributed by atoms with E-state index < -0.39 is 9.84 Å². The molecule has 0 saturated heterocycles. The van der Waals surface area contributed by atoms with Gasteiger partial charge in [-0.05, 0) is 36.2 Å². The van der Waals surface area contributed by atoms with Gasteiger partial charge in [-0.1, -0.05) is 31.2 Å². The minimum Gasteiger partial charge on any atom is -0.307 e. The zero-order valence-corrected chi connectivity index (χ0v) is 15.9. The third kappa shape index (κ3) is 4.44. The van der Waals surface area contributed by atoms with Gasteiger partial charge in [0.05, 0.1) is 11.4 Å². The number of rotatable bonds is 3. The summed E-state index contributed by atoms with van der Waals surface area (Å²) < 4.78 is 22.8. The van der Waals surface area contributed by atoms with Gasteiger partial charge in [0.25, 0.3) is 5.91 Å². The van der Waals surface area contributed by atoms with Crippen molar-refractivity contribution in [1.82, 2.24) is 0 Å². The van der Waals surface area contributed by atoms with Crippen LogP contribution in [0, 0.1) is 0 Å². The van der Waals surface area contributed by atoms with E-state index in [-0.39, 0.29) is 11.7 Å². The van der Waals surface area contributed by atoms with Crippen molar-refractivity contribution in [2.24, 2.45) is 0 Å². The molecule has 4 nitrogen and oxygen atoms in total. The van der Waals surface area contributed by atoms with Gasteiger partial charge in [0.1, 0.15) is 0 Å². The highest BCUT2D eigenvalue weighted by molar-refractivity contribution is 8.00. The van der Waals surface area contributed by atoms with Crippen LogP contribution in [-0.4, -0.2) is 32.4 Å². The molecule has 1 unspecified atom stereocenters. The first-order valence-electron chi connectivity index (χ1n) is 8.18. The number of anilines is 1. The fraction of sp³-hybridized carbons (Fsp3) is 0.316. The summed E-state index contributed by atoms with van der Waals surface area (Å²) in [5, 5.41) is 0.455. The largest absolute Gasteiger partial charge is 0.307 e. The van der Waals surface area contributed by atoms with Gasteiger partial charge in [-0.2, -0.15) is 0 Å². The monoisotopic (exact) mass is 375 g/mol. The molecule has 0 saturated carbocycles. The zero-order valence-electron chi connectivity index (χ0n) is 14.3. The van der Waals surface area contributed by atoms with E-state index in [9.17, 15) is 13.2 Å². The molecular weight excluding hydrogens is 354 g/mol. The molecule has 1 aliphatic heterocycles. The van der Waals surface area contributed by atoms with Gasteiger partial charge in [-0.15, -0.1) is 11.8 Å². The normalized spacial score (nSPS) is 17.7. The molecule has 1 aliphatic rings. The van der Waals surface area contributed by atoms with Gasteiger partial charge in [0, 0.05) is 28.5 Å². The molecule has 6 heteroatoms. The van der Waals surface area contributed by atoms with Crippen LogP contribution in [0.1, 0.15) is 29.3 Å². The van der Waals surface area contributed by atoms with Crippen LogP contribution in [0.5, 0.6) is 0 Å². The number of sulfone groups is 1. The lowest BCUT2D eigenvalue weighted by Gasteiger charge is -2.22. The summed E-state index contributed by atoms with van der Waals surface area (Å²) in [6, 6.07) is 14.8. The summed E-state index contributed by atoms with van der Waals surface area (Å²) in [5.74, 6) is -0.0598. The number of benzene rings is 2. The number of nitrogens with zero attached hydrogens (tertiary/aromatic N) is 1. The molecule has 1 heterocycles. The van der Waals surface area contributed by atoms with E-state index in [1.54, 1.807) is 36.0 Å². The van der Waals surface area contributed by atoms with E-state index in [2.05, 4.69) is 13.0 Å². The Kier molecular flexibility index (Phi) is 5.20. The van der Waals surface area contributed by atoms with Crippen molar-refractivity contribution in [3.05, 3.63) is 59.7 Å². The highest BCUT2D eigenvalue weighted by atomic mass is 32.2. The molecule has 0 fully saturated rings. The Bertz CT molecular complexity index is 876. The average Bonchev–Trinajstić information content (AvgIpc) is 2.71. The van der Waals surface area contributed by atoms with Crippen molar-refractivity contribution in [3.63, 3.8) is 0 Å². The number of thioether (sulfide) groups is 1. The van der Waals surface area contributed by atoms with Crippen LogP contribution < -0.4 is 4.90 Å². The van der Waals surface area contributed by atoms with Crippen LogP contribution >= 0.6 is 11.8 Å². The number of hydrogen-bond acceptors (Lipinski definition) is 4. The summed E-state index contributed by atoms with van der Waals surface area (Å²) in [5.41, 5.74) is 2.22. The average molecular weight is 376 g/mol. The molecule has 0 aromatic heterocycles. The number of carbonyl (C=O) groups is 1. The van der Waals surface area contributed by atoms with E-state index in [1.165, 1.54) is 6.26 Å². The van der Waals surface area contributed by atoms with Crippen molar-refractivity contribution in [2.75, 3.05) is 17.7 Å². The molecule has 0 bridgehead atoms. The highest BCUT2D eigenvalue weighted by Crippen LogP contribution is 2.37. The smallest absolute Gasteiger partial charge is 0.258 e. The van der Waals surface area contributed by atoms with Crippen LogP contribution in [0.15, 0.2) is 53.4 Å². The first-order chi connectivity index (χ1) is 11.8. The maximum absolute atomic E-state index is 13.0. The van der Waals surface area contributed by atoms with Gasteiger partial charge < -0.3 is 4.90 Å². The van der Waals surface area contributed by atoms with E-state index >= 15 is 0 Å². The number of para-hydroxylation sites is 1. The van der Waals surface area contributed by atoms with Gasteiger partial charge in [-0.3, -0.25) is 4.79 Å². The maximum Gasteiger partial charge on any atom is 0.258 e. The second-order valence-electron chi connectivity index (χ2n) is 6.41. The van der Waals surface area contributed by atoms with Gasteiger partial charge in [-0.25, -0.2) is 8.42 Å². The second-order valence-corrected chi connectivity index (χ2v) is 10.0. The lowest BCUT2D eigenvalue weighted by Crippen LogP contribution is -2.32. The molecular formula is C19H21NO3S2. The molecule has 25 heavy (non-hydrogen) atoms. The van der Waals surface area contributed by atoms with Gasteiger partial charge in [0.2, 0.25) is 0 Å². The summed E-state index contributed by atoms with van der Waals surface area (Å²) >= 11 is 1.80. The lowest BCUT2D eigenvalue weighted by molar-refractivity contribution is 0.0986. The number of carbonyl (C=O) groups excluding carboxylic acids is 1. The molecule has 1 amide bonds. The van der Waals surface area contributed by atoms with Crippen LogP contribution in [0.25, 0.3) is 0 Å². The first-order valence-corrected chi connectivity index (χ1v) is 11.1. The van der Waals surface area contributed by atoms with Gasteiger partial charge >= 0.3 is 0 Å². The lowest BCUT2D eigenvalue weighted by atomic mass is 10.1. The zero-order chi connectivity index (χ0) is 18.0. The van der Waals surface area contributed by atoms with Crippen molar-refractivity contribution < 1.29 is 13.2 Å². The van der Waals surface area contributed by atoms with Crippen molar-refractivity contribution in [1.29, 1.82) is 0 Å². The first kappa shape index (κ1) is 18.0. The Hall–Kier alpha value is -1.79. The molecule has 0 radical (unpaired) electrons.